The highest BCUT2D eigenvalue weighted by atomic mass is 32.2. The molecule has 0 spiro atoms. The lowest BCUT2D eigenvalue weighted by Crippen LogP contribution is -2.52. The van der Waals surface area contributed by atoms with Gasteiger partial charge in [0.15, 0.2) is 27.2 Å². The number of aryl methyl sites for hydroxylation is 1. The summed E-state index contributed by atoms with van der Waals surface area (Å²) in [6, 6.07) is 3.06. The van der Waals surface area contributed by atoms with Gasteiger partial charge in [-0.25, -0.2) is 17.6 Å². The van der Waals surface area contributed by atoms with E-state index in [1.54, 1.807) is 11.0 Å². The first-order valence-corrected chi connectivity index (χ1v) is 13.8. The molecule has 16 heteroatoms. The molecule has 3 rings (SSSR count). The molecule has 1 aliphatic carbocycles. The summed E-state index contributed by atoms with van der Waals surface area (Å²) in [6.45, 7) is 0.908. The normalized spacial score (nSPS) is 18.3. The van der Waals surface area contributed by atoms with Crippen molar-refractivity contribution < 1.29 is 58.2 Å². The van der Waals surface area contributed by atoms with Crippen molar-refractivity contribution in [1.29, 1.82) is 0 Å². The number of nitrogens with zero attached hydrogens (tertiary/aromatic N) is 2. The number of carbonyl (C=O) groups excluding carboxylic acids is 2. The lowest BCUT2D eigenvalue weighted by atomic mass is 10.0. The van der Waals surface area contributed by atoms with Gasteiger partial charge in [-0.05, 0) is 25.3 Å². The molecule has 2 fully saturated rings. The minimum atomic E-state index is -5.82. The fraction of sp³-hybridized carbons (Fsp3) is 0.652. The van der Waals surface area contributed by atoms with Crippen LogP contribution in [-0.2, 0) is 25.9 Å². The molecule has 1 aliphatic heterocycles. The first-order valence-electron chi connectivity index (χ1n) is 11.8. The van der Waals surface area contributed by atoms with Crippen LogP contribution < -0.4 is 4.74 Å². The maximum Gasteiger partial charge on any atom is 0.434 e. The molecule has 1 aromatic rings. The van der Waals surface area contributed by atoms with Crippen LogP contribution in [-0.4, -0.2) is 93.3 Å². The highest BCUT2D eigenvalue weighted by molar-refractivity contribution is 7.91. The number of benzene rings is 1. The third-order valence-corrected chi connectivity index (χ3v) is 7.33. The van der Waals surface area contributed by atoms with Crippen molar-refractivity contribution in [2.24, 2.45) is 5.41 Å². The van der Waals surface area contributed by atoms with Crippen LogP contribution in [0.15, 0.2) is 12.1 Å². The molecule has 220 valence electrons. The molecule has 0 radical (unpaired) electrons. The van der Waals surface area contributed by atoms with Crippen molar-refractivity contribution in [1.82, 2.24) is 9.80 Å². The topological polar surface area (TPSA) is 93.2 Å². The number of sulfone groups is 1. The largest absolute Gasteiger partial charge is 0.489 e. The van der Waals surface area contributed by atoms with Crippen LogP contribution in [0.3, 0.4) is 0 Å². The van der Waals surface area contributed by atoms with Crippen LogP contribution in [0, 0.1) is 18.2 Å². The molecule has 1 saturated heterocycles. The van der Waals surface area contributed by atoms with Gasteiger partial charge in [-0.1, -0.05) is 12.1 Å². The molecule has 1 aromatic carbocycles. The van der Waals surface area contributed by atoms with Crippen molar-refractivity contribution >= 4 is 21.7 Å². The van der Waals surface area contributed by atoms with E-state index in [1.807, 2.05) is 0 Å². The zero-order valence-electron chi connectivity index (χ0n) is 21.0. The van der Waals surface area contributed by atoms with Crippen LogP contribution >= 0.6 is 0 Å². The maximum atomic E-state index is 15.0. The van der Waals surface area contributed by atoms with Crippen LogP contribution in [0.1, 0.15) is 24.0 Å². The van der Waals surface area contributed by atoms with Crippen LogP contribution in [0.5, 0.6) is 5.75 Å². The predicted octanol–water partition coefficient (Wildman–Crippen LogP) is 3.65. The van der Waals surface area contributed by atoms with E-state index in [0.29, 0.717) is 18.4 Å². The van der Waals surface area contributed by atoms with E-state index in [2.05, 4.69) is 4.74 Å². The highest BCUT2D eigenvalue weighted by Crippen LogP contribution is 2.47. The quantitative estimate of drug-likeness (QED) is 0.405. The summed E-state index contributed by atoms with van der Waals surface area (Å²) in [6.07, 6.45) is -15.9. The van der Waals surface area contributed by atoms with Gasteiger partial charge in [0, 0.05) is 44.5 Å². The molecule has 0 N–H and O–H groups in total. The molecule has 39 heavy (non-hydrogen) atoms. The van der Waals surface area contributed by atoms with E-state index >= 15 is 0 Å². The molecule has 8 nitrogen and oxygen atoms in total. The average molecular weight is 593 g/mol. The Balaban J connectivity index is 1.63. The number of carbonyl (C=O) groups is 2. The van der Waals surface area contributed by atoms with Gasteiger partial charge in [0.05, 0.1) is 5.41 Å². The van der Waals surface area contributed by atoms with Crippen molar-refractivity contribution in [3.63, 3.8) is 0 Å². The third kappa shape index (κ3) is 7.96. The minimum Gasteiger partial charge on any atom is -0.489 e. The van der Waals surface area contributed by atoms with Crippen molar-refractivity contribution in [2.75, 3.05) is 44.8 Å². The Morgan fingerprint density at radius 1 is 1.03 bits per heavy atom. The second-order valence-electron chi connectivity index (χ2n) is 9.86. The number of alkyl halides is 6. The predicted molar refractivity (Wildman–Crippen MR) is 122 cm³/mol. The summed E-state index contributed by atoms with van der Waals surface area (Å²) < 4.78 is 124. The van der Waals surface area contributed by atoms with Crippen LogP contribution in [0.4, 0.5) is 35.5 Å². The summed E-state index contributed by atoms with van der Waals surface area (Å²) in [7, 11) is -3.56. The van der Waals surface area contributed by atoms with Crippen molar-refractivity contribution in [2.45, 2.75) is 44.8 Å². The standard InChI is InChI=1S/C23H27F7N2O6S/c1-14-3-4-15(18(17(14)24)37-13-21(5-6-21)16(33)12-39(2,35)36)11-31-7-9-32(10-8-31)20(34)38-19(22(25,26)27)23(28,29)30/h3-4,19H,5-13H2,1-2H3. The van der Waals surface area contributed by atoms with Gasteiger partial charge in [-0.3, -0.25) is 9.69 Å². The number of hydrogen-bond acceptors (Lipinski definition) is 7. The van der Waals surface area contributed by atoms with Gasteiger partial charge >= 0.3 is 18.4 Å². The van der Waals surface area contributed by atoms with Crippen molar-refractivity contribution in [3.05, 3.63) is 29.1 Å². The molecular formula is C23H27F7N2O6S. The smallest absolute Gasteiger partial charge is 0.434 e. The summed E-state index contributed by atoms with van der Waals surface area (Å²) in [5.41, 5.74) is -0.417. The lowest BCUT2D eigenvalue weighted by molar-refractivity contribution is -0.308. The van der Waals surface area contributed by atoms with E-state index in [1.165, 1.54) is 13.0 Å². The Morgan fingerprint density at radius 3 is 2.08 bits per heavy atom. The summed E-state index contributed by atoms with van der Waals surface area (Å²) >= 11 is 0. The minimum absolute atomic E-state index is 0.0313. The van der Waals surface area contributed by atoms with Crippen molar-refractivity contribution in [3.8, 4) is 5.75 Å². The fourth-order valence-corrected chi connectivity index (χ4v) is 4.84. The Labute approximate surface area is 219 Å². The number of Topliss-reactive ketones (excluding diaryl/α,β-unsaturated/α-hetero) is 1. The number of halogens is 7. The maximum absolute atomic E-state index is 15.0. The van der Waals surface area contributed by atoms with Crippen LogP contribution in [0.2, 0.25) is 0 Å². The van der Waals surface area contributed by atoms with E-state index < -0.39 is 57.2 Å². The van der Waals surface area contributed by atoms with Crippen LogP contribution in [0.25, 0.3) is 0 Å². The number of rotatable bonds is 9. The zero-order valence-corrected chi connectivity index (χ0v) is 21.8. The fourth-order valence-electron chi connectivity index (χ4n) is 4.06. The number of amides is 1. The van der Waals surface area contributed by atoms with E-state index in [0.717, 1.165) is 11.2 Å². The summed E-state index contributed by atoms with van der Waals surface area (Å²) in [5, 5.41) is 0. The van der Waals surface area contributed by atoms with Gasteiger partial charge in [-0.15, -0.1) is 0 Å². The van der Waals surface area contributed by atoms with Gasteiger partial charge in [0.25, 0.3) is 6.10 Å². The number of hydrogen-bond donors (Lipinski definition) is 0. The molecule has 0 atom stereocenters. The molecule has 1 amide bonds. The zero-order chi connectivity index (χ0) is 29.4. The SMILES string of the molecule is Cc1ccc(CN2CCN(C(=O)OC(C(F)(F)F)C(F)(F)F)CC2)c(OCC2(C(=O)CS(C)(=O)=O)CC2)c1F. The Bertz CT molecular complexity index is 1180. The molecule has 0 unspecified atom stereocenters. The van der Waals surface area contributed by atoms with E-state index in [9.17, 15) is 48.7 Å². The summed E-state index contributed by atoms with van der Waals surface area (Å²) in [4.78, 5) is 26.8. The van der Waals surface area contributed by atoms with Gasteiger partial charge in [0.2, 0.25) is 0 Å². The molecule has 2 aliphatic rings. The Morgan fingerprint density at radius 2 is 1.59 bits per heavy atom. The lowest BCUT2D eigenvalue weighted by Gasteiger charge is -2.35. The second-order valence-corrected chi connectivity index (χ2v) is 12.0. The first kappa shape index (κ1) is 30.9. The van der Waals surface area contributed by atoms with Gasteiger partial charge < -0.3 is 14.4 Å². The molecule has 1 saturated carbocycles. The van der Waals surface area contributed by atoms with Gasteiger partial charge in [0.1, 0.15) is 12.4 Å². The van der Waals surface area contributed by atoms with E-state index in [-0.39, 0.29) is 50.6 Å². The Kier molecular flexibility index (Phi) is 8.80. The Hall–Kier alpha value is -2.62. The monoisotopic (exact) mass is 592 g/mol. The third-order valence-electron chi connectivity index (χ3n) is 6.54. The first-order chi connectivity index (χ1) is 17.8. The average Bonchev–Trinajstić information content (AvgIpc) is 3.58. The number of piperazine rings is 1. The summed E-state index contributed by atoms with van der Waals surface area (Å²) in [5.74, 6) is -2.00. The molecule has 0 aromatic heterocycles. The molecular weight excluding hydrogens is 565 g/mol. The molecule has 0 bridgehead atoms. The second kappa shape index (κ2) is 11.1. The van der Waals surface area contributed by atoms with E-state index in [4.69, 9.17) is 4.74 Å². The highest BCUT2D eigenvalue weighted by Gasteiger charge is 2.60. The number of ketones is 1. The van der Waals surface area contributed by atoms with Gasteiger partial charge in [-0.2, -0.15) is 26.3 Å². The number of ether oxygens (including phenoxy) is 2. The molecule has 1 heterocycles.